The molecule has 0 saturated carbocycles. The van der Waals surface area contributed by atoms with E-state index in [0.717, 1.165) is 5.56 Å². The molecule has 166 valence electrons. The summed E-state index contributed by atoms with van der Waals surface area (Å²) in [6.45, 7) is 1.46. The minimum absolute atomic E-state index is 0.0469. The largest absolute Gasteiger partial charge is 0.482 e. The van der Waals surface area contributed by atoms with Crippen molar-refractivity contribution in [2.45, 2.75) is 6.92 Å². The van der Waals surface area contributed by atoms with E-state index < -0.39 is 17.6 Å². The molecule has 2 amide bonds. The first-order valence-corrected chi connectivity index (χ1v) is 10.2. The van der Waals surface area contributed by atoms with Gasteiger partial charge in [-0.3, -0.25) is 9.59 Å². The number of halogens is 2. The molecule has 0 unspecified atom stereocenters. The number of benzene rings is 3. The lowest BCUT2D eigenvalue weighted by Crippen LogP contribution is -2.20. The molecule has 6 nitrogen and oxygen atoms in total. The number of nitrogens with one attached hydrogen (secondary N) is 2. The van der Waals surface area contributed by atoms with Crippen LogP contribution in [0.25, 0.3) is 6.08 Å². The Kier molecular flexibility index (Phi) is 7.79. The monoisotopic (exact) mass is 463 g/mol. The van der Waals surface area contributed by atoms with Gasteiger partial charge >= 0.3 is 0 Å². The van der Waals surface area contributed by atoms with Crippen LogP contribution in [0.15, 0.2) is 72.3 Å². The first-order chi connectivity index (χ1) is 15.9. The number of anilines is 2. The lowest BCUT2D eigenvalue weighted by atomic mass is 10.1. The maximum Gasteiger partial charge on any atom is 0.266 e. The van der Waals surface area contributed by atoms with E-state index in [1.54, 1.807) is 24.3 Å². The summed E-state index contributed by atoms with van der Waals surface area (Å²) in [5, 5.41) is 14.7. The highest BCUT2D eigenvalue weighted by atomic mass is 35.5. The topological polar surface area (TPSA) is 91.2 Å². The van der Waals surface area contributed by atoms with Gasteiger partial charge in [0, 0.05) is 5.69 Å². The third kappa shape index (κ3) is 6.42. The highest BCUT2D eigenvalue weighted by Gasteiger charge is 2.12. The summed E-state index contributed by atoms with van der Waals surface area (Å²) in [5.41, 5.74) is 1.92. The molecule has 0 bridgehead atoms. The van der Waals surface area contributed by atoms with Gasteiger partial charge in [-0.05, 0) is 54.5 Å². The first kappa shape index (κ1) is 23.5. The number of para-hydroxylation sites is 2. The van der Waals surface area contributed by atoms with E-state index in [0.29, 0.717) is 11.3 Å². The molecule has 0 radical (unpaired) electrons. The predicted molar refractivity (Wildman–Crippen MR) is 125 cm³/mol. The normalized spacial score (nSPS) is 10.8. The van der Waals surface area contributed by atoms with Gasteiger partial charge in [-0.15, -0.1) is 0 Å². The number of aryl methyl sites for hydroxylation is 1. The Labute approximate surface area is 195 Å². The van der Waals surface area contributed by atoms with Crippen molar-refractivity contribution in [3.05, 3.63) is 94.3 Å². The Balaban J connectivity index is 1.65. The zero-order valence-electron chi connectivity index (χ0n) is 17.6. The molecule has 0 aliphatic carbocycles. The van der Waals surface area contributed by atoms with Crippen LogP contribution in [0.2, 0.25) is 5.02 Å². The van der Waals surface area contributed by atoms with Crippen LogP contribution >= 0.6 is 11.6 Å². The second-order valence-electron chi connectivity index (χ2n) is 6.95. The van der Waals surface area contributed by atoms with Gasteiger partial charge in [0.05, 0.1) is 10.7 Å². The molecule has 8 heteroatoms. The van der Waals surface area contributed by atoms with Crippen molar-refractivity contribution in [1.82, 2.24) is 0 Å². The molecule has 0 aromatic heterocycles. The minimum Gasteiger partial charge on any atom is -0.482 e. The van der Waals surface area contributed by atoms with E-state index in [1.165, 1.54) is 36.4 Å². The molecule has 33 heavy (non-hydrogen) atoms. The number of hydrogen-bond donors (Lipinski definition) is 2. The summed E-state index contributed by atoms with van der Waals surface area (Å²) in [7, 11) is 0. The Morgan fingerprint density at radius 2 is 1.76 bits per heavy atom. The smallest absolute Gasteiger partial charge is 0.266 e. The van der Waals surface area contributed by atoms with Gasteiger partial charge in [0.1, 0.15) is 23.2 Å². The average Bonchev–Trinajstić information content (AvgIpc) is 2.80. The molecule has 3 rings (SSSR count). The van der Waals surface area contributed by atoms with Crippen molar-refractivity contribution in [3.63, 3.8) is 0 Å². The van der Waals surface area contributed by atoms with Crippen molar-refractivity contribution in [2.24, 2.45) is 0 Å². The minimum atomic E-state index is -0.556. The van der Waals surface area contributed by atoms with Crippen LogP contribution in [-0.4, -0.2) is 18.4 Å². The van der Waals surface area contributed by atoms with Crippen LogP contribution in [0, 0.1) is 24.1 Å². The van der Waals surface area contributed by atoms with Gasteiger partial charge in [0.25, 0.3) is 11.8 Å². The predicted octanol–water partition coefficient (Wildman–Crippen LogP) is 5.35. The lowest BCUT2D eigenvalue weighted by molar-refractivity contribution is -0.118. The number of carbonyl (C=O) groups excluding carboxylic acids is 2. The number of amides is 2. The summed E-state index contributed by atoms with van der Waals surface area (Å²) in [6.07, 6.45) is 1.40. The molecule has 0 spiro atoms. The second-order valence-corrected chi connectivity index (χ2v) is 7.35. The molecule has 2 N–H and O–H groups in total. The first-order valence-electron chi connectivity index (χ1n) is 9.83. The SMILES string of the molecule is Cc1ccccc1NC(=O)/C(C#N)=C\c1ccc(OCC(=O)Nc2ccccc2F)c(Cl)c1. The Morgan fingerprint density at radius 3 is 2.42 bits per heavy atom. The van der Waals surface area contributed by atoms with Gasteiger partial charge in [-0.25, -0.2) is 4.39 Å². The van der Waals surface area contributed by atoms with Crippen LogP contribution in [-0.2, 0) is 9.59 Å². The zero-order valence-corrected chi connectivity index (χ0v) is 18.3. The highest BCUT2D eigenvalue weighted by Crippen LogP contribution is 2.27. The number of ether oxygens (including phenoxy) is 1. The number of hydrogen-bond acceptors (Lipinski definition) is 4. The standard InChI is InChI=1S/C25H19ClFN3O3/c1-16-6-2-4-8-21(16)30-25(32)18(14-28)12-17-10-11-23(19(26)13-17)33-15-24(31)29-22-9-5-3-7-20(22)27/h2-13H,15H2,1H3,(H,29,31)(H,30,32)/b18-12-. The molecular formula is C25H19ClFN3O3. The summed E-state index contributed by atoms with van der Waals surface area (Å²) in [6, 6.07) is 19.5. The molecule has 0 atom stereocenters. The molecular weight excluding hydrogens is 445 g/mol. The number of nitrogens with zero attached hydrogens (tertiary/aromatic N) is 1. The van der Waals surface area contributed by atoms with Crippen LogP contribution in [0.3, 0.4) is 0 Å². The summed E-state index contributed by atoms with van der Waals surface area (Å²) in [5.74, 6) is -1.44. The molecule has 0 heterocycles. The van der Waals surface area contributed by atoms with E-state index in [2.05, 4.69) is 10.6 Å². The zero-order chi connectivity index (χ0) is 23.8. The summed E-state index contributed by atoms with van der Waals surface area (Å²) >= 11 is 6.23. The van der Waals surface area contributed by atoms with E-state index in [4.69, 9.17) is 16.3 Å². The van der Waals surface area contributed by atoms with E-state index >= 15 is 0 Å². The van der Waals surface area contributed by atoms with Crippen molar-refractivity contribution < 1.29 is 18.7 Å². The summed E-state index contributed by atoms with van der Waals surface area (Å²) in [4.78, 5) is 24.5. The van der Waals surface area contributed by atoms with Crippen LogP contribution in [0.5, 0.6) is 5.75 Å². The average molecular weight is 464 g/mol. The number of nitriles is 1. The Morgan fingerprint density at radius 1 is 1.06 bits per heavy atom. The molecule has 0 fully saturated rings. The number of carbonyl (C=O) groups is 2. The maximum absolute atomic E-state index is 13.6. The highest BCUT2D eigenvalue weighted by molar-refractivity contribution is 6.32. The second kappa shape index (κ2) is 10.9. The van der Waals surface area contributed by atoms with Gasteiger partial charge in [-0.1, -0.05) is 48.0 Å². The molecule has 3 aromatic rings. The van der Waals surface area contributed by atoms with Crippen molar-refractivity contribution in [2.75, 3.05) is 17.2 Å². The van der Waals surface area contributed by atoms with Crippen LogP contribution in [0.4, 0.5) is 15.8 Å². The fourth-order valence-corrected chi connectivity index (χ4v) is 3.08. The Hall–Kier alpha value is -4.15. The van der Waals surface area contributed by atoms with Gasteiger partial charge in [0.15, 0.2) is 6.61 Å². The third-order valence-corrected chi connectivity index (χ3v) is 4.83. The van der Waals surface area contributed by atoms with E-state index in [1.807, 2.05) is 25.1 Å². The Bertz CT molecular complexity index is 1270. The van der Waals surface area contributed by atoms with Crippen molar-refractivity contribution in [3.8, 4) is 11.8 Å². The van der Waals surface area contributed by atoms with E-state index in [9.17, 15) is 19.2 Å². The molecule has 0 aliphatic rings. The van der Waals surface area contributed by atoms with Gasteiger partial charge < -0.3 is 15.4 Å². The fourth-order valence-electron chi connectivity index (χ4n) is 2.83. The summed E-state index contributed by atoms with van der Waals surface area (Å²) < 4.78 is 19.0. The van der Waals surface area contributed by atoms with E-state index in [-0.39, 0.29) is 28.6 Å². The van der Waals surface area contributed by atoms with Crippen molar-refractivity contribution >= 4 is 40.9 Å². The van der Waals surface area contributed by atoms with Crippen molar-refractivity contribution in [1.29, 1.82) is 5.26 Å². The van der Waals surface area contributed by atoms with Gasteiger partial charge in [-0.2, -0.15) is 5.26 Å². The van der Waals surface area contributed by atoms with Crippen LogP contribution < -0.4 is 15.4 Å². The van der Waals surface area contributed by atoms with Crippen LogP contribution in [0.1, 0.15) is 11.1 Å². The molecule has 0 aliphatic heterocycles. The lowest BCUT2D eigenvalue weighted by Gasteiger charge is -2.10. The molecule has 0 saturated heterocycles. The van der Waals surface area contributed by atoms with Gasteiger partial charge in [0.2, 0.25) is 0 Å². The number of rotatable bonds is 7. The molecule has 3 aromatic carbocycles. The third-order valence-electron chi connectivity index (χ3n) is 4.53. The maximum atomic E-state index is 13.6. The quantitative estimate of drug-likeness (QED) is 0.365. The fraction of sp³-hybridized carbons (Fsp3) is 0.0800.